The van der Waals surface area contributed by atoms with Gasteiger partial charge in [-0.15, -0.1) is 0 Å². The first-order valence-electron chi connectivity index (χ1n) is 7.42. The van der Waals surface area contributed by atoms with Crippen molar-refractivity contribution in [3.8, 4) is 0 Å². The Morgan fingerprint density at radius 2 is 1.79 bits per heavy atom. The number of hydrogen-bond acceptors (Lipinski definition) is 2. The molecule has 0 bridgehead atoms. The van der Waals surface area contributed by atoms with E-state index in [4.69, 9.17) is 0 Å². The van der Waals surface area contributed by atoms with Crippen LogP contribution in [0.25, 0.3) is 0 Å². The van der Waals surface area contributed by atoms with Gasteiger partial charge in [0.1, 0.15) is 0 Å². The number of benzene rings is 1. The van der Waals surface area contributed by atoms with Crippen molar-refractivity contribution in [2.75, 3.05) is 24.5 Å². The molecular formula is C16H22N2O. The van der Waals surface area contributed by atoms with Crippen molar-refractivity contribution < 1.29 is 4.79 Å². The number of rotatable bonds is 4. The van der Waals surface area contributed by atoms with Gasteiger partial charge in [-0.2, -0.15) is 0 Å². The van der Waals surface area contributed by atoms with Crippen LogP contribution in [0.5, 0.6) is 0 Å². The highest BCUT2D eigenvalue weighted by molar-refractivity contribution is 5.95. The first-order chi connectivity index (χ1) is 9.34. The average molecular weight is 258 g/mol. The van der Waals surface area contributed by atoms with Gasteiger partial charge in [-0.3, -0.25) is 4.79 Å². The summed E-state index contributed by atoms with van der Waals surface area (Å²) in [5, 5.41) is 3.33. The second-order valence-electron chi connectivity index (χ2n) is 5.75. The minimum Gasteiger partial charge on any atom is -0.317 e. The Hall–Kier alpha value is -1.35. The van der Waals surface area contributed by atoms with Gasteiger partial charge >= 0.3 is 0 Å². The van der Waals surface area contributed by atoms with Crippen molar-refractivity contribution in [1.29, 1.82) is 0 Å². The van der Waals surface area contributed by atoms with E-state index in [-0.39, 0.29) is 5.92 Å². The molecule has 1 aliphatic heterocycles. The Kier molecular flexibility index (Phi) is 3.83. The van der Waals surface area contributed by atoms with Crippen molar-refractivity contribution in [1.82, 2.24) is 5.32 Å². The van der Waals surface area contributed by atoms with Gasteiger partial charge in [0.15, 0.2) is 0 Å². The quantitative estimate of drug-likeness (QED) is 0.899. The van der Waals surface area contributed by atoms with Gasteiger partial charge in [0.2, 0.25) is 5.91 Å². The van der Waals surface area contributed by atoms with Crippen molar-refractivity contribution in [3.05, 3.63) is 30.3 Å². The number of hydrogen-bond donors (Lipinski definition) is 1. The lowest BCUT2D eigenvalue weighted by molar-refractivity contribution is -0.123. The molecule has 1 saturated carbocycles. The zero-order valence-electron chi connectivity index (χ0n) is 11.3. The molecule has 102 valence electrons. The SMILES string of the molecule is O=C(C1CCNCC1)N(CC1CC1)c1ccccc1. The van der Waals surface area contributed by atoms with Crippen molar-refractivity contribution in [2.45, 2.75) is 25.7 Å². The fourth-order valence-corrected chi connectivity index (χ4v) is 2.78. The summed E-state index contributed by atoms with van der Waals surface area (Å²) in [5.41, 5.74) is 1.07. The molecule has 0 aromatic heterocycles. The first kappa shape index (κ1) is 12.7. The lowest BCUT2D eigenvalue weighted by atomic mass is 9.96. The molecule has 3 nitrogen and oxygen atoms in total. The van der Waals surface area contributed by atoms with E-state index in [1.54, 1.807) is 0 Å². The molecule has 1 N–H and O–H groups in total. The van der Waals surface area contributed by atoms with Crippen LogP contribution in [0.1, 0.15) is 25.7 Å². The molecule has 0 radical (unpaired) electrons. The number of carbonyl (C=O) groups excluding carboxylic acids is 1. The van der Waals surface area contributed by atoms with E-state index in [1.807, 2.05) is 23.1 Å². The summed E-state index contributed by atoms with van der Waals surface area (Å²) in [6.45, 7) is 2.86. The molecule has 1 aromatic rings. The second-order valence-corrected chi connectivity index (χ2v) is 5.75. The van der Waals surface area contributed by atoms with Crippen LogP contribution in [0.3, 0.4) is 0 Å². The number of amides is 1. The third-order valence-electron chi connectivity index (χ3n) is 4.16. The monoisotopic (exact) mass is 258 g/mol. The van der Waals surface area contributed by atoms with Crippen molar-refractivity contribution in [3.63, 3.8) is 0 Å². The van der Waals surface area contributed by atoms with E-state index < -0.39 is 0 Å². The number of nitrogens with zero attached hydrogens (tertiary/aromatic N) is 1. The lowest BCUT2D eigenvalue weighted by Crippen LogP contribution is -2.42. The van der Waals surface area contributed by atoms with E-state index >= 15 is 0 Å². The van der Waals surface area contributed by atoms with Gasteiger partial charge in [0.05, 0.1) is 0 Å². The van der Waals surface area contributed by atoms with Crippen LogP contribution in [0.4, 0.5) is 5.69 Å². The highest BCUT2D eigenvalue weighted by atomic mass is 16.2. The third kappa shape index (κ3) is 3.16. The number of piperidine rings is 1. The Balaban J connectivity index is 1.75. The highest BCUT2D eigenvalue weighted by Crippen LogP contribution is 2.32. The van der Waals surface area contributed by atoms with E-state index in [2.05, 4.69) is 17.4 Å². The van der Waals surface area contributed by atoms with Crippen LogP contribution >= 0.6 is 0 Å². The van der Waals surface area contributed by atoms with Gasteiger partial charge in [-0.1, -0.05) is 18.2 Å². The minimum atomic E-state index is 0.209. The summed E-state index contributed by atoms with van der Waals surface area (Å²) >= 11 is 0. The van der Waals surface area contributed by atoms with Crippen LogP contribution in [0.2, 0.25) is 0 Å². The van der Waals surface area contributed by atoms with Gasteiger partial charge in [-0.25, -0.2) is 0 Å². The van der Waals surface area contributed by atoms with Crippen LogP contribution in [-0.4, -0.2) is 25.5 Å². The molecule has 1 saturated heterocycles. The topological polar surface area (TPSA) is 32.3 Å². The van der Waals surface area contributed by atoms with Gasteiger partial charge in [0, 0.05) is 18.2 Å². The van der Waals surface area contributed by atoms with E-state index in [9.17, 15) is 4.79 Å². The Labute approximate surface area is 115 Å². The van der Waals surface area contributed by atoms with Crippen molar-refractivity contribution >= 4 is 11.6 Å². The second kappa shape index (κ2) is 5.74. The van der Waals surface area contributed by atoms with Crippen LogP contribution in [-0.2, 0) is 4.79 Å². The van der Waals surface area contributed by atoms with Crippen LogP contribution < -0.4 is 10.2 Å². The summed E-state index contributed by atoms with van der Waals surface area (Å²) in [6, 6.07) is 10.2. The fraction of sp³-hybridized carbons (Fsp3) is 0.562. The predicted molar refractivity (Wildman–Crippen MR) is 77.1 cm³/mol. The molecule has 1 amide bonds. The summed E-state index contributed by atoms with van der Waals surface area (Å²) in [6.07, 6.45) is 4.52. The maximum atomic E-state index is 12.8. The van der Waals surface area contributed by atoms with Crippen molar-refractivity contribution in [2.24, 2.45) is 11.8 Å². The molecule has 0 spiro atoms. The number of para-hydroxylation sites is 1. The maximum absolute atomic E-state index is 12.8. The number of carbonyl (C=O) groups is 1. The summed E-state index contributed by atoms with van der Waals surface area (Å²) < 4.78 is 0. The zero-order chi connectivity index (χ0) is 13.1. The first-order valence-corrected chi connectivity index (χ1v) is 7.42. The molecule has 0 unspecified atom stereocenters. The number of nitrogens with one attached hydrogen (secondary N) is 1. The number of anilines is 1. The summed E-state index contributed by atoms with van der Waals surface area (Å²) in [7, 11) is 0. The molecular weight excluding hydrogens is 236 g/mol. The fourth-order valence-electron chi connectivity index (χ4n) is 2.78. The minimum absolute atomic E-state index is 0.209. The van der Waals surface area contributed by atoms with E-state index in [0.29, 0.717) is 5.91 Å². The molecule has 3 heteroatoms. The smallest absolute Gasteiger partial charge is 0.230 e. The Morgan fingerprint density at radius 1 is 1.11 bits per heavy atom. The lowest BCUT2D eigenvalue weighted by Gasteiger charge is -2.30. The van der Waals surface area contributed by atoms with Gasteiger partial charge < -0.3 is 10.2 Å². The normalized spacial score (nSPS) is 20.2. The molecule has 1 aliphatic carbocycles. The Morgan fingerprint density at radius 3 is 2.42 bits per heavy atom. The zero-order valence-corrected chi connectivity index (χ0v) is 11.3. The standard InChI is InChI=1S/C16H22N2O/c19-16(14-8-10-17-11-9-14)18(12-13-6-7-13)15-4-2-1-3-5-15/h1-5,13-14,17H,6-12H2. The molecule has 1 heterocycles. The Bertz CT molecular complexity index is 422. The molecule has 2 fully saturated rings. The van der Waals surface area contributed by atoms with Crippen LogP contribution in [0, 0.1) is 11.8 Å². The molecule has 0 atom stereocenters. The summed E-state index contributed by atoms with van der Waals surface area (Å²) in [5.74, 6) is 1.27. The predicted octanol–water partition coefficient (Wildman–Crippen LogP) is 2.43. The van der Waals surface area contributed by atoms with Crippen LogP contribution in [0.15, 0.2) is 30.3 Å². The average Bonchev–Trinajstić information content (AvgIpc) is 3.30. The van der Waals surface area contributed by atoms with Gasteiger partial charge in [0.25, 0.3) is 0 Å². The molecule has 1 aromatic carbocycles. The van der Waals surface area contributed by atoms with E-state index in [1.165, 1.54) is 12.8 Å². The van der Waals surface area contributed by atoms with Gasteiger partial charge in [-0.05, 0) is 56.8 Å². The largest absolute Gasteiger partial charge is 0.317 e. The molecule has 19 heavy (non-hydrogen) atoms. The van der Waals surface area contributed by atoms with E-state index in [0.717, 1.165) is 44.1 Å². The third-order valence-corrected chi connectivity index (χ3v) is 4.16. The maximum Gasteiger partial charge on any atom is 0.230 e. The molecule has 3 rings (SSSR count). The summed E-state index contributed by atoms with van der Waals surface area (Å²) in [4.78, 5) is 14.8. The molecule has 2 aliphatic rings. The highest BCUT2D eigenvalue weighted by Gasteiger charge is 2.31.